The molecule has 0 fully saturated rings. The number of amides is 3. The second-order valence-corrected chi connectivity index (χ2v) is 8.97. The molecule has 3 atom stereocenters. The number of fused-ring (bicyclic) bond motifs is 1. The summed E-state index contributed by atoms with van der Waals surface area (Å²) in [5.41, 5.74) is 1.96. The summed E-state index contributed by atoms with van der Waals surface area (Å²) >= 11 is 0. The molecule has 0 radical (unpaired) electrons. The summed E-state index contributed by atoms with van der Waals surface area (Å²) in [5, 5.41) is 24.5. The highest BCUT2D eigenvalue weighted by molar-refractivity contribution is 5.90. The summed E-state index contributed by atoms with van der Waals surface area (Å²) < 4.78 is 13.1. The van der Waals surface area contributed by atoms with E-state index >= 15 is 0 Å². The van der Waals surface area contributed by atoms with Crippen LogP contribution in [0.1, 0.15) is 43.8 Å². The minimum atomic E-state index is -0.385. The number of ether oxygens (including phenoxy) is 1. The Balaban J connectivity index is 1.78. The lowest BCUT2D eigenvalue weighted by molar-refractivity contribution is -0.136. The fourth-order valence-electron chi connectivity index (χ4n) is 3.96. The van der Waals surface area contributed by atoms with Crippen LogP contribution in [0.25, 0.3) is 0 Å². The maximum atomic E-state index is 12.9. The molecular weight excluding hydrogens is 442 g/mol. The van der Waals surface area contributed by atoms with E-state index in [2.05, 4.69) is 20.8 Å². The van der Waals surface area contributed by atoms with Gasteiger partial charge in [-0.05, 0) is 27.2 Å². The molecule has 1 aliphatic heterocycles. The SMILES string of the molecule is Cc1noc(C)c1NC(=O)N(C)C[C@@H]1OCc2cnnn2CCCC(=O)N([C@@H](C)CO)C[C@@H]1C. The average Bonchev–Trinajstić information content (AvgIpc) is 3.39. The molecule has 0 unspecified atom stereocenters. The van der Waals surface area contributed by atoms with E-state index < -0.39 is 0 Å². The Morgan fingerprint density at radius 3 is 2.85 bits per heavy atom. The molecule has 12 heteroatoms. The highest BCUT2D eigenvalue weighted by Crippen LogP contribution is 2.21. The lowest BCUT2D eigenvalue weighted by atomic mass is 10.0. The van der Waals surface area contributed by atoms with Gasteiger partial charge in [0.15, 0.2) is 5.76 Å². The second-order valence-electron chi connectivity index (χ2n) is 8.97. The summed E-state index contributed by atoms with van der Waals surface area (Å²) in [4.78, 5) is 29.1. The van der Waals surface area contributed by atoms with E-state index in [1.807, 2.05) is 13.8 Å². The van der Waals surface area contributed by atoms with Crippen molar-refractivity contribution in [3.8, 4) is 0 Å². The van der Waals surface area contributed by atoms with Gasteiger partial charge in [0.1, 0.15) is 11.4 Å². The Hall–Kier alpha value is -2.99. The minimum absolute atomic E-state index is 0.0288. The van der Waals surface area contributed by atoms with Gasteiger partial charge in [0.05, 0.1) is 37.3 Å². The number of nitrogens with zero attached hydrogens (tertiary/aromatic N) is 6. The summed E-state index contributed by atoms with van der Waals surface area (Å²) in [6, 6.07) is -0.638. The number of likely N-dealkylation sites (N-methyl/N-ethyl adjacent to an activating group) is 1. The largest absolute Gasteiger partial charge is 0.394 e. The van der Waals surface area contributed by atoms with Crippen molar-refractivity contribution in [2.45, 2.75) is 65.8 Å². The zero-order chi connectivity index (χ0) is 24.8. The smallest absolute Gasteiger partial charge is 0.321 e. The van der Waals surface area contributed by atoms with Gasteiger partial charge in [-0.25, -0.2) is 9.48 Å². The van der Waals surface area contributed by atoms with Crippen molar-refractivity contribution in [1.29, 1.82) is 0 Å². The number of carbonyl (C=O) groups is 2. The molecule has 3 heterocycles. The molecule has 3 amide bonds. The van der Waals surface area contributed by atoms with Crippen LogP contribution in [-0.4, -0.2) is 85.9 Å². The Bertz CT molecular complexity index is 955. The molecule has 0 aromatic carbocycles. The van der Waals surface area contributed by atoms with Crippen molar-refractivity contribution >= 4 is 17.6 Å². The van der Waals surface area contributed by atoms with Gasteiger partial charge in [-0.1, -0.05) is 17.3 Å². The number of nitrogens with one attached hydrogen (secondary N) is 1. The molecule has 0 saturated heterocycles. The normalized spacial score (nSPS) is 20.8. The van der Waals surface area contributed by atoms with Crippen molar-refractivity contribution in [2.24, 2.45) is 5.92 Å². The summed E-state index contributed by atoms with van der Waals surface area (Å²) in [6.07, 6.45) is 2.24. The lowest BCUT2D eigenvalue weighted by Crippen LogP contribution is -2.48. The van der Waals surface area contributed by atoms with Crippen molar-refractivity contribution in [3.63, 3.8) is 0 Å². The predicted molar refractivity (Wildman–Crippen MR) is 123 cm³/mol. The Kier molecular flexibility index (Phi) is 8.61. The first-order chi connectivity index (χ1) is 16.2. The summed E-state index contributed by atoms with van der Waals surface area (Å²) in [7, 11) is 1.69. The summed E-state index contributed by atoms with van der Waals surface area (Å²) in [5.74, 6) is 0.387. The lowest BCUT2D eigenvalue weighted by Gasteiger charge is -2.35. The number of rotatable bonds is 5. The number of hydrogen-bond acceptors (Lipinski definition) is 8. The van der Waals surface area contributed by atoms with Crippen LogP contribution in [0, 0.1) is 19.8 Å². The quantitative estimate of drug-likeness (QED) is 0.662. The van der Waals surface area contributed by atoms with Crippen molar-refractivity contribution in [1.82, 2.24) is 30.0 Å². The van der Waals surface area contributed by atoms with Gasteiger partial charge >= 0.3 is 6.03 Å². The molecule has 3 rings (SSSR count). The summed E-state index contributed by atoms with van der Waals surface area (Å²) in [6.45, 7) is 8.69. The maximum absolute atomic E-state index is 12.9. The van der Waals surface area contributed by atoms with Gasteiger partial charge < -0.3 is 29.5 Å². The third kappa shape index (κ3) is 6.11. The number of aliphatic hydroxyl groups is 1. The molecule has 2 aromatic rings. The maximum Gasteiger partial charge on any atom is 0.321 e. The van der Waals surface area contributed by atoms with Crippen LogP contribution in [-0.2, 0) is 22.7 Å². The zero-order valence-corrected chi connectivity index (χ0v) is 20.5. The molecule has 2 N–H and O–H groups in total. The fraction of sp³-hybridized carbons (Fsp3) is 0.682. The van der Waals surface area contributed by atoms with E-state index in [0.29, 0.717) is 43.1 Å². The standard InChI is InChI=1S/C22H35N7O5/c1-14-10-28(15(2)12-30)20(31)7-6-8-29-18(9-23-26-29)13-33-19(14)11-27(5)22(32)24-21-16(3)25-34-17(21)4/h9,14-15,19,30H,6-8,10-13H2,1-5H3,(H,24,32)/t14-,15-,19-/m0/s1. The van der Waals surface area contributed by atoms with Gasteiger partial charge in [-0.3, -0.25) is 4.79 Å². The Labute approximate surface area is 199 Å². The Morgan fingerprint density at radius 2 is 2.18 bits per heavy atom. The number of aliphatic hydroxyl groups excluding tert-OH is 1. The number of urea groups is 1. The highest BCUT2D eigenvalue weighted by Gasteiger charge is 2.29. The molecule has 12 nitrogen and oxygen atoms in total. The van der Waals surface area contributed by atoms with Gasteiger partial charge in [0.25, 0.3) is 0 Å². The van der Waals surface area contributed by atoms with E-state index in [9.17, 15) is 14.7 Å². The first-order valence-corrected chi connectivity index (χ1v) is 11.6. The number of carbonyl (C=O) groups excluding carboxylic acids is 2. The van der Waals surface area contributed by atoms with Crippen molar-refractivity contribution < 1.29 is 24.0 Å². The van der Waals surface area contributed by atoms with Crippen molar-refractivity contribution in [3.05, 3.63) is 23.3 Å². The van der Waals surface area contributed by atoms with E-state index in [1.165, 1.54) is 4.90 Å². The van der Waals surface area contributed by atoms with Crippen LogP contribution in [0.5, 0.6) is 0 Å². The van der Waals surface area contributed by atoms with Crippen LogP contribution in [0.15, 0.2) is 10.7 Å². The Morgan fingerprint density at radius 1 is 1.41 bits per heavy atom. The number of hydrogen-bond donors (Lipinski definition) is 2. The molecule has 0 aliphatic carbocycles. The molecule has 0 bridgehead atoms. The fourth-order valence-corrected chi connectivity index (χ4v) is 3.96. The first kappa shape index (κ1) is 25.6. The van der Waals surface area contributed by atoms with Gasteiger partial charge in [-0.2, -0.15) is 0 Å². The molecule has 1 aliphatic rings. The van der Waals surface area contributed by atoms with Crippen LogP contribution >= 0.6 is 0 Å². The number of aromatic nitrogens is 4. The highest BCUT2D eigenvalue weighted by atomic mass is 16.5. The van der Waals surface area contributed by atoms with Gasteiger partial charge in [0, 0.05) is 39.0 Å². The van der Waals surface area contributed by atoms with Gasteiger partial charge in [0.2, 0.25) is 5.91 Å². The molecular formula is C22H35N7O5. The van der Waals surface area contributed by atoms with E-state index in [-0.39, 0.29) is 49.8 Å². The second kappa shape index (κ2) is 11.4. The third-order valence-corrected chi connectivity index (χ3v) is 6.21. The molecule has 2 aromatic heterocycles. The molecule has 0 spiro atoms. The molecule has 0 saturated carbocycles. The van der Waals surface area contributed by atoms with Crippen LogP contribution < -0.4 is 5.32 Å². The topological polar surface area (TPSA) is 139 Å². The van der Waals surface area contributed by atoms with Crippen LogP contribution in [0.4, 0.5) is 10.5 Å². The average molecular weight is 478 g/mol. The number of aryl methyl sites for hydroxylation is 3. The van der Waals surface area contributed by atoms with E-state index in [1.54, 1.807) is 36.7 Å². The van der Waals surface area contributed by atoms with E-state index in [4.69, 9.17) is 9.26 Å². The molecule has 188 valence electrons. The first-order valence-electron chi connectivity index (χ1n) is 11.6. The zero-order valence-electron chi connectivity index (χ0n) is 20.5. The predicted octanol–water partition coefficient (Wildman–Crippen LogP) is 1.57. The number of anilines is 1. The molecule has 34 heavy (non-hydrogen) atoms. The minimum Gasteiger partial charge on any atom is -0.394 e. The monoisotopic (exact) mass is 477 g/mol. The van der Waals surface area contributed by atoms with E-state index in [0.717, 1.165) is 5.69 Å². The van der Waals surface area contributed by atoms with Crippen LogP contribution in [0.3, 0.4) is 0 Å². The van der Waals surface area contributed by atoms with Crippen LogP contribution in [0.2, 0.25) is 0 Å². The third-order valence-electron chi connectivity index (χ3n) is 6.21. The van der Waals surface area contributed by atoms with Gasteiger partial charge in [-0.15, -0.1) is 5.10 Å². The van der Waals surface area contributed by atoms with Crippen molar-refractivity contribution in [2.75, 3.05) is 32.1 Å².